The van der Waals surface area contributed by atoms with E-state index in [-0.39, 0.29) is 18.4 Å². The quantitative estimate of drug-likeness (QED) is 0.263. The molecule has 1 aliphatic carbocycles. The van der Waals surface area contributed by atoms with E-state index >= 15 is 0 Å². The van der Waals surface area contributed by atoms with Crippen LogP contribution in [0.3, 0.4) is 0 Å². The molecule has 0 aromatic heterocycles. The molecule has 2 aliphatic rings. The van der Waals surface area contributed by atoms with Gasteiger partial charge in [-0.2, -0.15) is 0 Å². The van der Waals surface area contributed by atoms with Crippen LogP contribution in [0.25, 0.3) is 16.3 Å². The Kier molecular flexibility index (Phi) is 6.73. The molecule has 1 N–H and O–H groups in total. The molecule has 0 bridgehead atoms. The number of Topliss-reactive ketones (excluding diaryl/α,β-unsaturated/α-hetero) is 1. The number of benzene rings is 4. The van der Waals surface area contributed by atoms with Gasteiger partial charge in [0.25, 0.3) is 0 Å². The first-order chi connectivity index (χ1) is 18.4. The number of nitrogens with one attached hydrogen (secondary N) is 1. The van der Waals surface area contributed by atoms with Gasteiger partial charge in [-0.05, 0) is 65.1 Å². The second kappa shape index (κ2) is 10.2. The lowest BCUT2D eigenvalue weighted by atomic mass is 9.77. The molecule has 0 spiro atoms. The van der Waals surface area contributed by atoms with Crippen LogP contribution < -0.4 is 14.8 Å². The zero-order valence-electron chi connectivity index (χ0n) is 20.6. The third-order valence-corrected chi connectivity index (χ3v) is 8.12. The van der Waals surface area contributed by atoms with E-state index in [0.29, 0.717) is 33.0 Å². The number of carbonyl (C=O) groups excluding carboxylic acids is 1. The van der Waals surface area contributed by atoms with Gasteiger partial charge in [-0.1, -0.05) is 71.2 Å². The van der Waals surface area contributed by atoms with Crippen molar-refractivity contribution < 1.29 is 14.3 Å². The summed E-state index contributed by atoms with van der Waals surface area (Å²) in [5.41, 5.74) is 5.67. The van der Waals surface area contributed by atoms with Gasteiger partial charge < -0.3 is 14.8 Å². The predicted molar refractivity (Wildman–Crippen MR) is 155 cm³/mol. The van der Waals surface area contributed by atoms with Crippen molar-refractivity contribution in [3.63, 3.8) is 0 Å². The molecule has 0 saturated heterocycles. The van der Waals surface area contributed by atoms with Crippen molar-refractivity contribution in [3.05, 3.63) is 104 Å². The molecule has 4 aromatic rings. The summed E-state index contributed by atoms with van der Waals surface area (Å²) in [5.74, 6) is 1.06. The molecule has 38 heavy (non-hydrogen) atoms. The van der Waals surface area contributed by atoms with Crippen LogP contribution in [0.5, 0.6) is 11.5 Å². The fourth-order valence-corrected chi connectivity index (χ4v) is 6.22. The summed E-state index contributed by atoms with van der Waals surface area (Å²) < 4.78 is 11.7. The van der Waals surface area contributed by atoms with Crippen LogP contribution in [0.4, 0.5) is 5.69 Å². The van der Waals surface area contributed by atoms with Crippen LogP contribution in [0, 0.1) is 0 Å². The maximum absolute atomic E-state index is 13.4. The number of ether oxygens (including phenoxy) is 2. The van der Waals surface area contributed by atoms with Gasteiger partial charge in [0.05, 0.1) is 18.2 Å². The summed E-state index contributed by atoms with van der Waals surface area (Å²) in [6.07, 6.45) is 2.23. The van der Waals surface area contributed by atoms with Gasteiger partial charge in [-0.15, -0.1) is 0 Å². The van der Waals surface area contributed by atoms with Crippen LogP contribution >= 0.6 is 34.8 Å². The smallest absolute Gasteiger partial charge is 0.180 e. The van der Waals surface area contributed by atoms with Crippen molar-refractivity contribution >= 4 is 62.6 Å². The number of methoxy groups -OCH3 is 1. The van der Waals surface area contributed by atoms with E-state index in [2.05, 4.69) is 29.6 Å². The molecule has 0 amide bonds. The molecule has 4 nitrogen and oxygen atoms in total. The van der Waals surface area contributed by atoms with Crippen molar-refractivity contribution in [2.24, 2.45) is 0 Å². The molecule has 4 aromatic carbocycles. The minimum Gasteiger partial charge on any atom is -0.493 e. The van der Waals surface area contributed by atoms with E-state index in [1.807, 2.05) is 30.3 Å². The maximum Gasteiger partial charge on any atom is 0.180 e. The van der Waals surface area contributed by atoms with Crippen molar-refractivity contribution in [3.8, 4) is 11.5 Å². The SMILES string of the molecule is COc1cc([C@@H]2Nc3ccc4ccccc4c3C3=C2C(=O)CCC3)cc(Cl)c1OCc1ccc(Cl)cc1Cl. The lowest BCUT2D eigenvalue weighted by molar-refractivity contribution is -0.116. The highest BCUT2D eigenvalue weighted by Crippen LogP contribution is 2.49. The number of ketones is 1. The van der Waals surface area contributed by atoms with Crippen LogP contribution in [0.1, 0.15) is 42.0 Å². The third-order valence-electron chi connectivity index (χ3n) is 7.25. The van der Waals surface area contributed by atoms with Gasteiger partial charge >= 0.3 is 0 Å². The topological polar surface area (TPSA) is 47.6 Å². The van der Waals surface area contributed by atoms with Gasteiger partial charge in [-0.3, -0.25) is 4.79 Å². The molecule has 1 aliphatic heterocycles. The van der Waals surface area contributed by atoms with Gasteiger partial charge in [0.1, 0.15) is 6.61 Å². The summed E-state index contributed by atoms with van der Waals surface area (Å²) in [5, 5.41) is 7.40. The van der Waals surface area contributed by atoms with Gasteiger partial charge in [0.2, 0.25) is 0 Å². The largest absolute Gasteiger partial charge is 0.493 e. The highest BCUT2D eigenvalue weighted by Gasteiger charge is 2.35. The van der Waals surface area contributed by atoms with Crippen molar-refractivity contribution in [1.29, 1.82) is 0 Å². The Balaban J connectivity index is 1.41. The molecule has 6 rings (SSSR count). The lowest BCUT2D eigenvalue weighted by Gasteiger charge is -2.35. The highest BCUT2D eigenvalue weighted by molar-refractivity contribution is 6.35. The van der Waals surface area contributed by atoms with E-state index in [9.17, 15) is 4.79 Å². The van der Waals surface area contributed by atoms with Gasteiger partial charge in [-0.25, -0.2) is 0 Å². The Labute approximate surface area is 236 Å². The molecule has 0 unspecified atom stereocenters. The number of hydrogen-bond donors (Lipinski definition) is 1. The minimum atomic E-state index is -0.349. The van der Waals surface area contributed by atoms with E-state index in [4.69, 9.17) is 44.3 Å². The Morgan fingerprint density at radius 3 is 2.61 bits per heavy atom. The Bertz CT molecular complexity index is 1630. The van der Waals surface area contributed by atoms with E-state index in [1.54, 1.807) is 19.2 Å². The van der Waals surface area contributed by atoms with Crippen LogP contribution in [-0.2, 0) is 11.4 Å². The predicted octanol–water partition coefficient (Wildman–Crippen LogP) is 9.06. The van der Waals surface area contributed by atoms with Crippen LogP contribution in [0.2, 0.25) is 15.1 Å². The molecule has 0 saturated carbocycles. The number of rotatable bonds is 5. The first kappa shape index (κ1) is 25.1. The third kappa shape index (κ3) is 4.41. The second-order valence-corrected chi connectivity index (χ2v) is 10.8. The van der Waals surface area contributed by atoms with E-state index in [0.717, 1.165) is 57.1 Å². The summed E-state index contributed by atoms with van der Waals surface area (Å²) in [7, 11) is 1.57. The monoisotopic (exact) mass is 563 g/mol. The molecule has 192 valence electrons. The number of anilines is 1. The summed E-state index contributed by atoms with van der Waals surface area (Å²) in [4.78, 5) is 13.4. The summed E-state index contributed by atoms with van der Waals surface area (Å²) in [6, 6.07) is 21.1. The van der Waals surface area contributed by atoms with Crippen molar-refractivity contribution in [2.75, 3.05) is 12.4 Å². The van der Waals surface area contributed by atoms with Gasteiger partial charge in [0, 0.05) is 38.9 Å². The first-order valence-electron chi connectivity index (χ1n) is 12.4. The molecule has 0 radical (unpaired) electrons. The fraction of sp³-hybridized carbons (Fsp3) is 0.194. The average Bonchev–Trinajstić information content (AvgIpc) is 2.92. The molecule has 1 atom stereocenters. The Morgan fingerprint density at radius 1 is 0.947 bits per heavy atom. The van der Waals surface area contributed by atoms with E-state index < -0.39 is 0 Å². The maximum atomic E-state index is 13.4. The fourth-order valence-electron chi connectivity index (χ4n) is 5.49. The van der Waals surface area contributed by atoms with Crippen LogP contribution in [-0.4, -0.2) is 12.9 Å². The van der Waals surface area contributed by atoms with E-state index in [1.165, 1.54) is 0 Å². The number of carbonyl (C=O) groups is 1. The standard InChI is InChI=1S/C31H24Cl3NO3/c1-37-27-14-19(13-24(34)31(27)38-16-18-9-11-20(32)15-23(18)33)30-29-22(7-4-8-26(29)36)28-21-6-3-2-5-17(21)10-12-25(28)35-30/h2-3,5-6,9-15,30,35H,4,7-8,16H2,1H3/t30-/m0/s1. The number of fused-ring (bicyclic) bond motifs is 4. The number of hydrogen-bond acceptors (Lipinski definition) is 4. The first-order valence-corrected chi connectivity index (χ1v) is 13.6. The van der Waals surface area contributed by atoms with Crippen molar-refractivity contribution in [1.82, 2.24) is 0 Å². The average molecular weight is 565 g/mol. The molecule has 7 heteroatoms. The van der Waals surface area contributed by atoms with Crippen LogP contribution in [0.15, 0.2) is 72.3 Å². The lowest BCUT2D eigenvalue weighted by Crippen LogP contribution is -2.27. The zero-order valence-corrected chi connectivity index (χ0v) is 22.9. The second-order valence-electron chi connectivity index (χ2n) is 9.51. The Morgan fingerprint density at radius 2 is 1.79 bits per heavy atom. The Hall–Kier alpha value is -3.18. The minimum absolute atomic E-state index is 0.162. The molecular weight excluding hydrogens is 541 g/mol. The molecule has 0 fully saturated rings. The normalized spacial score (nSPS) is 16.6. The zero-order chi connectivity index (χ0) is 26.4. The number of halogens is 3. The summed E-state index contributed by atoms with van der Waals surface area (Å²) >= 11 is 19.1. The molecular formula is C31H24Cl3NO3. The summed E-state index contributed by atoms with van der Waals surface area (Å²) in [6.45, 7) is 0.196. The highest BCUT2D eigenvalue weighted by atomic mass is 35.5. The van der Waals surface area contributed by atoms with Gasteiger partial charge in [0.15, 0.2) is 17.3 Å². The number of allylic oxidation sites excluding steroid dienone is 1. The van der Waals surface area contributed by atoms with Crippen molar-refractivity contribution in [2.45, 2.75) is 31.9 Å². The molecule has 1 heterocycles.